The topological polar surface area (TPSA) is 141 Å². The maximum atomic E-state index is 15.2. The molecule has 0 radical (unpaired) electrons. The number of methoxy groups -OCH3 is 1. The van der Waals surface area contributed by atoms with E-state index in [0.29, 0.717) is 17.8 Å². The molecule has 0 aromatic heterocycles. The summed E-state index contributed by atoms with van der Waals surface area (Å²) in [6.07, 6.45) is 3.53. The molecule has 7 rings (SSSR count). The van der Waals surface area contributed by atoms with Gasteiger partial charge in [-0.25, -0.2) is 0 Å². The molecule has 52 heavy (non-hydrogen) atoms. The van der Waals surface area contributed by atoms with Crippen LogP contribution in [0.1, 0.15) is 50.2 Å². The highest BCUT2D eigenvalue weighted by Crippen LogP contribution is 2.60. The molecule has 3 aromatic rings. The van der Waals surface area contributed by atoms with Gasteiger partial charge in [-0.05, 0) is 98.8 Å². The van der Waals surface area contributed by atoms with Gasteiger partial charge in [0, 0.05) is 29.5 Å². The summed E-state index contributed by atoms with van der Waals surface area (Å²) >= 11 is 0. The van der Waals surface area contributed by atoms with Crippen LogP contribution in [-0.4, -0.2) is 75.9 Å². The number of amides is 3. The number of hydrogen-bond donors (Lipinski definition) is 5. The van der Waals surface area contributed by atoms with E-state index in [1.807, 2.05) is 54.6 Å². The standard InChI is InChI=1S/C40H51N5O6Si/c1-25-36(52(3,4)30-15-13-29(50-2)14-16-30)35(18-21-46)51-40(25)31-23-28(44-38(48)33-11-7-20-42-33)12-17-34(31)45(39(40)49)24-26-8-5-9-27(22-26)43-37(47)32-10-6-19-41-32/h5,8-9,12-17,22-23,25,32-33,35-36,41-42,46H,6-7,10-11,18-21,24H2,1-4H3,(H,43,47)(H,44,48)/t25-,32+,33+,35+,36-,40+/m0/s1. The number of nitrogens with zero attached hydrogens (tertiary/aromatic N) is 1. The Kier molecular flexibility index (Phi) is 10.3. The molecule has 5 N–H and O–H groups in total. The third-order valence-corrected chi connectivity index (χ3v) is 16.2. The van der Waals surface area contributed by atoms with Crippen molar-refractivity contribution in [3.8, 4) is 5.75 Å². The average molecular weight is 726 g/mol. The SMILES string of the molecule is COc1ccc([Si](C)(C)[C@@H]2[C@@H](CCO)O[C@]3(C(=O)N(Cc4cccc(NC(=O)[C@H]5CCCN5)c4)c4ccc(NC(=O)[C@H]5CCCN5)cc43)[C@H]2C)cc1. The second kappa shape index (κ2) is 14.7. The molecular weight excluding hydrogens is 675 g/mol. The molecule has 3 fully saturated rings. The molecular formula is C40H51N5O6Si. The van der Waals surface area contributed by atoms with Gasteiger partial charge in [-0.2, -0.15) is 0 Å². The van der Waals surface area contributed by atoms with E-state index in [2.05, 4.69) is 53.4 Å². The smallest absolute Gasteiger partial charge is 0.264 e. The van der Waals surface area contributed by atoms with Gasteiger partial charge >= 0.3 is 0 Å². The molecule has 276 valence electrons. The second-order valence-electron chi connectivity index (χ2n) is 15.3. The predicted octanol–water partition coefficient (Wildman–Crippen LogP) is 4.22. The van der Waals surface area contributed by atoms with Crippen LogP contribution < -0.4 is 36.1 Å². The number of rotatable bonds is 11. The summed E-state index contributed by atoms with van der Waals surface area (Å²) in [6.45, 7) is 8.58. The first-order valence-electron chi connectivity index (χ1n) is 18.6. The van der Waals surface area contributed by atoms with Gasteiger partial charge in [-0.3, -0.25) is 14.4 Å². The third kappa shape index (κ3) is 6.55. The van der Waals surface area contributed by atoms with Gasteiger partial charge in [-0.15, -0.1) is 0 Å². The number of nitrogens with one attached hydrogen (secondary N) is 4. The van der Waals surface area contributed by atoms with Gasteiger partial charge in [0.05, 0.1) is 45.6 Å². The maximum Gasteiger partial charge on any atom is 0.264 e. The van der Waals surface area contributed by atoms with Gasteiger partial charge in [0.2, 0.25) is 11.8 Å². The van der Waals surface area contributed by atoms with E-state index >= 15 is 4.79 Å². The Morgan fingerprint density at radius 1 is 0.962 bits per heavy atom. The highest BCUT2D eigenvalue weighted by molar-refractivity contribution is 6.91. The molecule has 3 saturated heterocycles. The van der Waals surface area contributed by atoms with Crippen LogP contribution >= 0.6 is 0 Å². The molecule has 4 aliphatic heterocycles. The van der Waals surface area contributed by atoms with E-state index in [9.17, 15) is 14.7 Å². The average Bonchev–Trinajstić information content (AvgIpc) is 3.95. The third-order valence-electron chi connectivity index (χ3n) is 11.8. The normalized spacial score (nSPS) is 26.9. The minimum absolute atomic E-state index is 0.0199. The van der Waals surface area contributed by atoms with E-state index in [4.69, 9.17) is 9.47 Å². The summed E-state index contributed by atoms with van der Waals surface area (Å²) in [6, 6.07) is 21.1. The van der Waals surface area contributed by atoms with Crippen LogP contribution in [0.2, 0.25) is 18.6 Å². The van der Waals surface area contributed by atoms with E-state index in [0.717, 1.165) is 61.3 Å². The number of fused-ring (bicyclic) bond motifs is 2. The van der Waals surface area contributed by atoms with Crippen LogP contribution in [0, 0.1) is 5.92 Å². The number of hydrogen-bond acceptors (Lipinski definition) is 8. The van der Waals surface area contributed by atoms with Crippen molar-refractivity contribution in [1.82, 2.24) is 10.6 Å². The number of aliphatic hydroxyl groups excluding tert-OH is 1. The van der Waals surface area contributed by atoms with E-state index < -0.39 is 13.7 Å². The Morgan fingerprint density at radius 3 is 2.21 bits per heavy atom. The van der Waals surface area contributed by atoms with E-state index in [-0.39, 0.29) is 60.5 Å². The number of aliphatic hydroxyl groups is 1. The van der Waals surface area contributed by atoms with Gasteiger partial charge in [0.1, 0.15) is 5.75 Å². The van der Waals surface area contributed by atoms with Crippen molar-refractivity contribution in [2.75, 3.05) is 42.3 Å². The first-order chi connectivity index (χ1) is 25.1. The lowest BCUT2D eigenvalue weighted by atomic mass is 9.82. The molecule has 4 heterocycles. The predicted molar refractivity (Wildman–Crippen MR) is 205 cm³/mol. The summed E-state index contributed by atoms with van der Waals surface area (Å²) in [5, 5.41) is 24.2. The summed E-state index contributed by atoms with van der Waals surface area (Å²) in [4.78, 5) is 43.1. The monoisotopic (exact) mass is 725 g/mol. The Labute approximate surface area is 306 Å². The Bertz CT molecular complexity index is 1810. The van der Waals surface area contributed by atoms with Crippen LogP contribution in [0.15, 0.2) is 66.7 Å². The van der Waals surface area contributed by atoms with Crippen LogP contribution in [0.5, 0.6) is 5.75 Å². The fraction of sp³-hybridized carbons (Fsp3) is 0.475. The zero-order chi connectivity index (χ0) is 36.6. The van der Waals surface area contributed by atoms with Crippen LogP contribution in [-0.2, 0) is 31.3 Å². The second-order valence-corrected chi connectivity index (χ2v) is 20.0. The molecule has 6 atom stereocenters. The molecule has 12 heteroatoms. The summed E-state index contributed by atoms with van der Waals surface area (Å²) < 4.78 is 12.5. The molecule has 0 bridgehead atoms. The van der Waals surface area contributed by atoms with Crippen molar-refractivity contribution in [3.63, 3.8) is 0 Å². The van der Waals surface area contributed by atoms with Gasteiger partial charge in [-0.1, -0.05) is 49.5 Å². The molecule has 1 spiro atoms. The lowest BCUT2D eigenvalue weighted by molar-refractivity contribution is -0.146. The largest absolute Gasteiger partial charge is 0.497 e. The maximum absolute atomic E-state index is 15.2. The van der Waals surface area contributed by atoms with Crippen molar-refractivity contribution in [3.05, 3.63) is 77.9 Å². The van der Waals surface area contributed by atoms with Crippen molar-refractivity contribution >= 4 is 48.0 Å². The molecule has 0 saturated carbocycles. The molecule has 3 amide bonds. The first-order valence-corrected chi connectivity index (χ1v) is 21.7. The lowest BCUT2D eigenvalue weighted by Crippen LogP contribution is -2.51. The number of anilines is 3. The molecule has 3 aromatic carbocycles. The van der Waals surface area contributed by atoms with Crippen molar-refractivity contribution < 1.29 is 29.0 Å². The fourth-order valence-corrected chi connectivity index (χ4v) is 13.2. The Morgan fingerprint density at radius 2 is 1.62 bits per heavy atom. The zero-order valence-corrected chi connectivity index (χ0v) is 31.5. The lowest BCUT2D eigenvalue weighted by Gasteiger charge is -2.37. The minimum atomic E-state index is -2.36. The first kappa shape index (κ1) is 36.3. The molecule has 0 aliphatic carbocycles. The van der Waals surface area contributed by atoms with Gasteiger partial charge < -0.3 is 40.7 Å². The van der Waals surface area contributed by atoms with Crippen LogP contribution in [0.4, 0.5) is 17.1 Å². The van der Waals surface area contributed by atoms with Crippen LogP contribution in [0.25, 0.3) is 0 Å². The van der Waals surface area contributed by atoms with Gasteiger partial charge in [0.25, 0.3) is 5.91 Å². The summed E-state index contributed by atoms with van der Waals surface area (Å²) in [5.41, 5.74) is 2.25. The molecule has 4 aliphatic rings. The van der Waals surface area contributed by atoms with E-state index in [1.54, 1.807) is 12.0 Å². The summed E-state index contributed by atoms with van der Waals surface area (Å²) in [5.74, 6) is 0.214. The van der Waals surface area contributed by atoms with Crippen LogP contribution in [0.3, 0.4) is 0 Å². The van der Waals surface area contributed by atoms with E-state index in [1.165, 1.54) is 5.19 Å². The Hall–Kier alpha value is -4.07. The Balaban J connectivity index is 1.26. The van der Waals surface area contributed by atoms with Gasteiger partial charge in [0.15, 0.2) is 5.60 Å². The van der Waals surface area contributed by atoms with Crippen molar-refractivity contribution in [2.24, 2.45) is 5.92 Å². The number of ether oxygens (including phenoxy) is 2. The van der Waals surface area contributed by atoms with Crippen molar-refractivity contribution in [2.45, 2.75) is 88.0 Å². The fourth-order valence-electron chi connectivity index (χ4n) is 9.15. The van der Waals surface area contributed by atoms with Crippen molar-refractivity contribution in [1.29, 1.82) is 0 Å². The highest BCUT2D eigenvalue weighted by Gasteiger charge is 2.66. The highest BCUT2D eigenvalue weighted by atomic mass is 28.3. The quantitative estimate of drug-likeness (QED) is 0.185. The number of carbonyl (C=O) groups excluding carboxylic acids is 3. The number of carbonyl (C=O) groups is 3. The molecule has 0 unspecified atom stereocenters. The summed E-state index contributed by atoms with van der Waals surface area (Å²) in [7, 11) is -0.710. The molecule has 11 nitrogen and oxygen atoms in total. The number of benzene rings is 3. The zero-order valence-electron chi connectivity index (χ0n) is 30.5. The minimum Gasteiger partial charge on any atom is -0.497 e.